The molecule has 1 aliphatic heterocycles. The quantitative estimate of drug-likeness (QED) is 0.260. The molecule has 0 bridgehead atoms. The third kappa shape index (κ3) is 6.75. The summed E-state index contributed by atoms with van der Waals surface area (Å²) in [5, 5.41) is 53.4. The summed E-state index contributed by atoms with van der Waals surface area (Å²) < 4.78 is 67.8. The molecule has 1 fully saturated rings. The van der Waals surface area contributed by atoms with Crippen LogP contribution in [0.4, 0.5) is 13.2 Å². The van der Waals surface area contributed by atoms with Gasteiger partial charge in [-0.2, -0.15) is 18.3 Å². The Morgan fingerprint density at radius 1 is 0.974 bits per heavy atom. The van der Waals surface area contributed by atoms with Gasteiger partial charge in [0.2, 0.25) is 10.0 Å². The van der Waals surface area contributed by atoms with E-state index in [1.807, 2.05) is 6.92 Å². The van der Waals surface area contributed by atoms with Crippen LogP contribution in [0.1, 0.15) is 11.3 Å². The summed E-state index contributed by atoms with van der Waals surface area (Å²) >= 11 is 0. The Bertz CT molecular complexity index is 1330. The minimum atomic E-state index is -4.61. The molecule has 0 amide bonds. The van der Waals surface area contributed by atoms with E-state index in [1.165, 1.54) is 24.3 Å². The average molecular weight is 562 g/mol. The first kappa shape index (κ1) is 29.7. The molecule has 3 aromatic rings. The maximum atomic E-state index is 13.1. The molecule has 1 unspecified atom stereocenters. The van der Waals surface area contributed by atoms with Crippen molar-refractivity contribution in [2.45, 2.75) is 48.7 Å². The number of alkyl halides is 3. The van der Waals surface area contributed by atoms with E-state index in [4.69, 9.17) is 30.7 Å². The van der Waals surface area contributed by atoms with Gasteiger partial charge in [-0.3, -0.25) is 0 Å². The number of nitrogens with zero attached hydrogens (tertiary/aromatic N) is 2. The molecule has 11 nitrogen and oxygen atoms in total. The smallest absolute Gasteiger partial charge is 0.394 e. The van der Waals surface area contributed by atoms with Crippen molar-refractivity contribution in [3.05, 3.63) is 65.9 Å². The SMILES string of the molecule is Cc1ccc(-c2cc(C(F)(F)F)nn2-c2ccc(S(N)(=O)=O)cc2)cc1.OC[C@H]1OC(O)[C@H](O)[C@@H](O)[C@@H]1O. The first-order chi connectivity index (χ1) is 17.6. The first-order valence-corrected chi connectivity index (χ1v) is 12.5. The summed E-state index contributed by atoms with van der Waals surface area (Å²) in [7, 11) is -3.90. The summed E-state index contributed by atoms with van der Waals surface area (Å²) in [6, 6.07) is 13.1. The fraction of sp³-hybridized carbons (Fsp3) is 0.348. The van der Waals surface area contributed by atoms with E-state index in [0.29, 0.717) is 5.56 Å². The second kappa shape index (κ2) is 11.5. The lowest BCUT2D eigenvalue weighted by molar-refractivity contribution is -0.286. The number of rotatable bonds is 4. The van der Waals surface area contributed by atoms with Crippen LogP contribution in [-0.4, -0.2) is 81.0 Å². The number of hydrogen-bond acceptors (Lipinski definition) is 9. The molecule has 15 heteroatoms. The highest BCUT2D eigenvalue weighted by Gasteiger charge is 2.42. The number of aliphatic hydroxyl groups is 5. The second-order valence-electron chi connectivity index (χ2n) is 8.45. The van der Waals surface area contributed by atoms with E-state index in [1.54, 1.807) is 24.3 Å². The van der Waals surface area contributed by atoms with E-state index < -0.39 is 59.2 Å². The molecule has 0 radical (unpaired) electrons. The summed E-state index contributed by atoms with van der Waals surface area (Å²) in [4.78, 5) is -0.138. The van der Waals surface area contributed by atoms with Crippen LogP contribution in [-0.2, 0) is 20.9 Å². The molecule has 7 N–H and O–H groups in total. The lowest BCUT2D eigenvalue weighted by Gasteiger charge is -2.37. The molecule has 4 rings (SSSR count). The second-order valence-corrected chi connectivity index (χ2v) is 10.0. The third-order valence-electron chi connectivity index (χ3n) is 5.62. The Labute approximate surface area is 215 Å². The number of ether oxygens (including phenoxy) is 1. The van der Waals surface area contributed by atoms with Crippen LogP contribution >= 0.6 is 0 Å². The van der Waals surface area contributed by atoms with Crippen molar-refractivity contribution in [1.82, 2.24) is 9.78 Å². The molecular weight excluding hydrogens is 535 g/mol. The van der Waals surface area contributed by atoms with Crippen molar-refractivity contribution in [1.29, 1.82) is 0 Å². The summed E-state index contributed by atoms with van der Waals surface area (Å²) in [6.07, 6.45) is -11.6. The predicted octanol–water partition coefficient (Wildman–Crippen LogP) is 0.293. The number of halogens is 3. The molecule has 1 aliphatic rings. The molecule has 1 aromatic heterocycles. The van der Waals surface area contributed by atoms with Crippen LogP contribution in [0, 0.1) is 6.92 Å². The average Bonchev–Trinajstić information content (AvgIpc) is 3.32. The molecule has 5 atom stereocenters. The number of benzene rings is 2. The lowest BCUT2D eigenvalue weighted by Crippen LogP contribution is -2.58. The van der Waals surface area contributed by atoms with Gasteiger partial charge in [-0.25, -0.2) is 18.2 Å². The van der Waals surface area contributed by atoms with Crippen molar-refractivity contribution in [3.63, 3.8) is 0 Å². The van der Waals surface area contributed by atoms with Crippen LogP contribution in [0.15, 0.2) is 59.5 Å². The number of aromatic nitrogens is 2. The van der Waals surface area contributed by atoms with Crippen LogP contribution in [0.5, 0.6) is 0 Å². The highest BCUT2D eigenvalue weighted by atomic mass is 32.2. The Morgan fingerprint density at radius 3 is 2.05 bits per heavy atom. The number of primary sulfonamides is 1. The van der Waals surface area contributed by atoms with Gasteiger partial charge in [0.25, 0.3) is 0 Å². The van der Waals surface area contributed by atoms with Crippen LogP contribution in [0.3, 0.4) is 0 Å². The molecule has 208 valence electrons. The van der Waals surface area contributed by atoms with Gasteiger partial charge in [0.05, 0.1) is 22.9 Å². The van der Waals surface area contributed by atoms with Gasteiger partial charge >= 0.3 is 6.18 Å². The highest BCUT2D eigenvalue weighted by molar-refractivity contribution is 7.89. The van der Waals surface area contributed by atoms with Crippen LogP contribution < -0.4 is 5.14 Å². The van der Waals surface area contributed by atoms with Gasteiger partial charge in [0, 0.05) is 5.56 Å². The summed E-state index contributed by atoms with van der Waals surface area (Å²) in [5.74, 6) is 0. The van der Waals surface area contributed by atoms with E-state index in [0.717, 1.165) is 16.3 Å². The maximum absolute atomic E-state index is 13.1. The molecule has 0 saturated carbocycles. The Kier molecular flexibility index (Phi) is 8.95. The van der Waals surface area contributed by atoms with Crippen molar-refractivity contribution in [3.8, 4) is 16.9 Å². The fourth-order valence-electron chi connectivity index (χ4n) is 3.51. The Hall–Kier alpha value is -2.89. The molecule has 1 saturated heterocycles. The zero-order chi connectivity index (χ0) is 28.4. The predicted molar refractivity (Wildman–Crippen MR) is 126 cm³/mol. The van der Waals surface area contributed by atoms with E-state index in [9.17, 15) is 21.6 Å². The Balaban J connectivity index is 0.000000279. The summed E-state index contributed by atoms with van der Waals surface area (Å²) in [5.41, 5.74) is 0.996. The number of aryl methyl sites for hydroxylation is 1. The van der Waals surface area contributed by atoms with Gasteiger partial charge in [0.15, 0.2) is 12.0 Å². The fourth-order valence-corrected chi connectivity index (χ4v) is 4.02. The van der Waals surface area contributed by atoms with Crippen molar-refractivity contribution in [2.24, 2.45) is 5.14 Å². The van der Waals surface area contributed by atoms with Gasteiger partial charge in [-0.15, -0.1) is 0 Å². The molecular formula is C23H26F3N3O8S. The van der Waals surface area contributed by atoms with Crippen molar-refractivity contribution < 1.29 is 51.9 Å². The minimum Gasteiger partial charge on any atom is -0.394 e. The normalized spacial score (nSPS) is 24.0. The van der Waals surface area contributed by atoms with Crippen molar-refractivity contribution in [2.75, 3.05) is 6.61 Å². The van der Waals surface area contributed by atoms with E-state index >= 15 is 0 Å². The number of hydrogen-bond donors (Lipinski definition) is 6. The van der Waals surface area contributed by atoms with Gasteiger partial charge < -0.3 is 30.3 Å². The topological polar surface area (TPSA) is 188 Å². The number of aliphatic hydroxyl groups excluding tert-OH is 5. The monoisotopic (exact) mass is 561 g/mol. The standard InChI is InChI=1S/C17H14F3N3O2S.C6H12O6/c1-11-2-4-12(5-3-11)15-10-16(17(18,19)20)22-23(15)13-6-8-14(9-7-13)26(21,24)25;7-1-2-3(8)4(9)5(10)6(11)12-2/h2-10H,1H3,(H2,21,24,25);2-11H,1H2/t;2-,3-,4+,5-,6?/m.1/s1. The molecule has 2 heterocycles. The minimum absolute atomic E-state index is 0.138. The van der Waals surface area contributed by atoms with Gasteiger partial charge in [0.1, 0.15) is 24.4 Å². The van der Waals surface area contributed by atoms with Crippen LogP contribution in [0.25, 0.3) is 16.9 Å². The van der Waals surface area contributed by atoms with Gasteiger partial charge in [-0.1, -0.05) is 29.8 Å². The zero-order valence-electron chi connectivity index (χ0n) is 19.8. The number of nitrogens with two attached hydrogens (primary N) is 1. The number of sulfonamides is 1. The highest BCUT2D eigenvalue weighted by Crippen LogP contribution is 2.33. The molecule has 0 aliphatic carbocycles. The van der Waals surface area contributed by atoms with E-state index in [2.05, 4.69) is 9.84 Å². The maximum Gasteiger partial charge on any atom is 0.435 e. The third-order valence-corrected chi connectivity index (χ3v) is 6.55. The molecule has 0 spiro atoms. The molecule has 38 heavy (non-hydrogen) atoms. The Morgan fingerprint density at radius 2 is 1.55 bits per heavy atom. The largest absolute Gasteiger partial charge is 0.435 e. The molecule has 2 aromatic carbocycles. The van der Waals surface area contributed by atoms with Crippen LogP contribution in [0.2, 0.25) is 0 Å². The van der Waals surface area contributed by atoms with Gasteiger partial charge in [-0.05, 0) is 37.3 Å². The first-order valence-electron chi connectivity index (χ1n) is 11.0. The zero-order valence-corrected chi connectivity index (χ0v) is 20.6. The van der Waals surface area contributed by atoms with E-state index in [-0.39, 0.29) is 16.3 Å². The van der Waals surface area contributed by atoms with Crippen molar-refractivity contribution >= 4 is 10.0 Å². The lowest BCUT2D eigenvalue weighted by atomic mass is 10.00. The summed E-state index contributed by atoms with van der Waals surface area (Å²) in [6.45, 7) is 1.34.